The first-order valence-corrected chi connectivity index (χ1v) is 8.34. The predicted octanol–water partition coefficient (Wildman–Crippen LogP) is 4.64. The molecule has 106 valence electrons. The summed E-state index contributed by atoms with van der Waals surface area (Å²) in [5, 5.41) is 0. The third kappa shape index (κ3) is 4.27. The Bertz CT molecular complexity index is 544. The van der Waals surface area contributed by atoms with Crippen molar-refractivity contribution >= 4 is 27.7 Å². The molecule has 0 saturated carbocycles. The molecular formula is C16H18BrNOS. The van der Waals surface area contributed by atoms with Gasteiger partial charge in [-0.1, -0.05) is 24.3 Å². The third-order valence-corrected chi connectivity index (χ3v) is 5.02. The molecule has 2 rings (SSSR count). The molecule has 2 aromatic carbocycles. The minimum atomic E-state index is 0.0165. The average Bonchev–Trinajstić information content (AvgIpc) is 2.47. The van der Waals surface area contributed by atoms with E-state index in [2.05, 4.69) is 22.0 Å². The van der Waals surface area contributed by atoms with Gasteiger partial charge in [0.1, 0.15) is 5.75 Å². The number of rotatable bonds is 6. The van der Waals surface area contributed by atoms with E-state index in [-0.39, 0.29) is 6.04 Å². The Kier molecular flexibility index (Phi) is 5.95. The number of hydrogen-bond donors (Lipinski definition) is 1. The Labute approximate surface area is 132 Å². The van der Waals surface area contributed by atoms with Gasteiger partial charge in [-0.25, -0.2) is 0 Å². The highest BCUT2D eigenvalue weighted by Crippen LogP contribution is 2.30. The lowest BCUT2D eigenvalue weighted by atomic mass is 10.1. The minimum Gasteiger partial charge on any atom is -0.494 e. The summed E-state index contributed by atoms with van der Waals surface area (Å²) in [6, 6.07) is 16.2. The Morgan fingerprint density at radius 1 is 1.15 bits per heavy atom. The van der Waals surface area contributed by atoms with Crippen LogP contribution in [0.4, 0.5) is 0 Å². The molecule has 0 bridgehead atoms. The van der Waals surface area contributed by atoms with Crippen molar-refractivity contribution < 1.29 is 4.74 Å². The standard InChI is InChI=1S/C16H18BrNOS/c1-2-19-13-9-7-12(8-10-13)15(18)11-20-16-6-4-3-5-14(16)17/h3-10,15H,2,11,18H2,1H3. The highest BCUT2D eigenvalue weighted by Gasteiger charge is 2.08. The summed E-state index contributed by atoms with van der Waals surface area (Å²) >= 11 is 5.31. The fourth-order valence-electron chi connectivity index (χ4n) is 1.82. The van der Waals surface area contributed by atoms with E-state index in [9.17, 15) is 0 Å². The number of hydrogen-bond acceptors (Lipinski definition) is 3. The van der Waals surface area contributed by atoms with Gasteiger partial charge >= 0.3 is 0 Å². The second-order valence-corrected chi connectivity index (χ2v) is 6.27. The number of benzene rings is 2. The van der Waals surface area contributed by atoms with E-state index in [1.54, 1.807) is 11.8 Å². The lowest BCUT2D eigenvalue weighted by Crippen LogP contribution is -2.12. The number of ether oxygens (including phenoxy) is 1. The molecule has 2 N–H and O–H groups in total. The Morgan fingerprint density at radius 2 is 1.85 bits per heavy atom. The van der Waals surface area contributed by atoms with Crippen LogP contribution in [0.3, 0.4) is 0 Å². The Hall–Kier alpha value is -0.970. The smallest absolute Gasteiger partial charge is 0.119 e. The molecule has 0 aliphatic rings. The molecule has 0 aliphatic carbocycles. The lowest BCUT2D eigenvalue weighted by Gasteiger charge is -2.13. The number of halogens is 1. The largest absolute Gasteiger partial charge is 0.494 e. The lowest BCUT2D eigenvalue weighted by molar-refractivity contribution is 0.340. The maximum atomic E-state index is 6.24. The zero-order valence-corrected chi connectivity index (χ0v) is 13.8. The normalized spacial score (nSPS) is 12.2. The molecule has 0 aromatic heterocycles. The topological polar surface area (TPSA) is 35.2 Å². The second-order valence-electron chi connectivity index (χ2n) is 4.35. The van der Waals surface area contributed by atoms with Crippen molar-refractivity contribution in [1.29, 1.82) is 0 Å². The van der Waals surface area contributed by atoms with E-state index in [0.717, 1.165) is 21.5 Å². The molecule has 2 nitrogen and oxygen atoms in total. The number of thioether (sulfide) groups is 1. The average molecular weight is 352 g/mol. The monoisotopic (exact) mass is 351 g/mol. The van der Waals surface area contributed by atoms with Gasteiger partial charge in [0.25, 0.3) is 0 Å². The van der Waals surface area contributed by atoms with Crippen molar-refractivity contribution in [2.24, 2.45) is 5.73 Å². The summed E-state index contributed by atoms with van der Waals surface area (Å²) in [6.45, 7) is 2.66. The predicted molar refractivity (Wildman–Crippen MR) is 89.4 cm³/mol. The Morgan fingerprint density at radius 3 is 2.50 bits per heavy atom. The molecule has 0 heterocycles. The Balaban J connectivity index is 1.94. The zero-order valence-electron chi connectivity index (χ0n) is 11.4. The first-order valence-electron chi connectivity index (χ1n) is 6.56. The molecule has 1 unspecified atom stereocenters. The van der Waals surface area contributed by atoms with Crippen LogP contribution < -0.4 is 10.5 Å². The maximum Gasteiger partial charge on any atom is 0.119 e. The molecule has 4 heteroatoms. The molecule has 0 amide bonds. The van der Waals surface area contributed by atoms with Crippen LogP contribution in [0.2, 0.25) is 0 Å². The first-order chi connectivity index (χ1) is 9.70. The van der Waals surface area contributed by atoms with Crippen LogP contribution >= 0.6 is 27.7 Å². The highest BCUT2D eigenvalue weighted by atomic mass is 79.9. The van der Waals surface area contributed by atoms with Gasteiger partial charge in [0.05, 0.1) is 6.61 Å². The van der Waals surface area contributed by atoms with Gasteiger partial charge in [-0.3, -0.25) is 0 Å². The molecule has 0 spiro atoms. The van der Waals surface area contributed by atoms with Gasteiger partial charge in [0.2, 0.25) is 0 Å². The summed E-state index contributed by atoms with van der Waals surface area (Å²) < 4.78 is 6.55. The quantitative estimate of drug-likeness (QED) is 0.770. The fraction of sp³-hybridized carbons (Fsp3) is 0.250. The van der Waals surface area contributed by atoms with Gasteiger partial charge in [0, 0.05) is 21.2 Å². The van der Waals surface area contributed by atoms with Crippen molar-refractivity contribution in [3.63, 3.8) is 0 Å². The van der Waals surface area contributed by atoms with Crippen molar-refractivity contribution in [2.45, 2.75) is 17.9 Å². The highest BCUT2D eigenvalue weighted by molar-refractivity contribution is 9.10. The molecule has 0 fully saturated rings. The van der Waals surface area contributed by atoms with Crippen LogP contribution in [-0.4, -0.2) is 12.4 Å². The van der Waals surface area contributed by atoms with Crippen molar-refractivity contribution in [1.82, 2.24) is 0 Å². The van der Waals surface area contributed by atoms with E-state index in [0.29, 0.717) is 6.61 Å². The van der Waals surface area contributed by atoms with Crippen LogP contribution in [-0.2, 0) is 0 Å². The molecule has 20 heavy (non-hydrogen) atoms. The van der Waals surface area contributed by atoms with Gasteiger partial charge in [0.15, 0.2) is 0 Å². The van der Waals surface area contributed by atoms with Crippen LogP contribution in [0.5, 0.6) is 5.75 Å². The van der Waals surface area contributed by atoms with E-state index in [1.807, 2.05) is 49.4 Å². The number of nitrogens with two attached hydrogens (primary N) is 1. The van der Waals surface area contributed by atoms with Crippen LogP contribution in [0.15, 0.2) is 57.9 Å². The first kappa shape index (κ1) is 15.4. The van der Waals surface area contributed by atoms with Crippen molar-refractivity contribution in [2.75, 3.05) is 12.4 Å². The molecule has 0 radical (unpaired) electrons. The SMILES string of the molecule is CCOc1ccc(C(N)CSc2ccccc2Br)cc1. The second kappa shape index (κ2) is 7.72. The molecule has 0 aliphatic heterocycles. The van der Waals surface area contributed by atoms with Gasteiger partial charge in [-0.05, 0) is 52.7 Å². The van der Waals surface area contributed by atoms with Crippen molar-refractivity contribution in [3.05, 3.63) is 58.6 Å². The van der Waals surface area contributed by atoms with Gasteiger partial charge in [-0.15, -0.1) is 11.8 Å². The van der Waals surface area contributed by atoms with Gasteiger partial charge < -0.3 is 10.5 Å². The van der Waals surface area contributed by atoms with Crippen LogP contribution in [0, 0.1) is 0 Å². The summed E-state index contributed by atoms with van der Waals surface area (Å²) in [4.78, 5) is 1.22. The van der Waals surface area contributed by atoms with Crippen molar-refractivity contribution in [3.8, 4) is 5.75 Å². The van der Waals surface area contributed by atoms with E-state index < -0.39 is 0 Å². The fourth-order valence-corrected chi connectivity index (χ4v) is 3.38. The molecule has 0 saturated heterocycles. The summed E-state index contributed by atoms with van der Waals surface area (Å²) in [6.07, 6.45) is 0. The summed E-state index contributed by atoms with van der Waals surface area (Å²) in [7, 11) is 0. The zero-order chi connectivity index (χ0) is 14.4. The summed E-state index contributed by atoms with van der Waals surface area (Å²) in [5.74, 6) is 1.73. The van der Waals surface area contributed by atoms with Gasteiger partial charge in [-0.2, -0.15) is 0 Å². The minimum absolute atomic E-state index is 0.0165. The van der Waals surface area contributed by atoms with E-state index >= 15 is 0 Å². The molecule has 2 aromatic rings. The van der Waals surface area contributed by atoms with E-state index in [4.69, 9.17) is 10.5 Å². The van der Waals surface area contributed by atoms with E-state index in [1.165, 1.54) is 4.90 Å². The molecular weight excluding hydrogens is 334 g/mol. The van der Waals surface area contributed by atoms with Crippen LogP contribution in [0.1, 0.15) is 18.5 Å². The summed E-state index contributed by atoms with van der Waals surface area (Å²) in [5.41, 5.74) is 7.37. The molecule has 1 atom stereocenters. The van der Waals surface area contributed by atoms with Crippen LogP contribution in [0.25, 0.3) is 0 Å². The maximum absolute atomic E-state index is 6.24. The third-order valence-electron chi connectivity index (χ3n) is 2.87.